The molecule has 0 fully saturated rings. The van der Waals surface area contributed by atoms with Crippen LogP contribution in [0.15, 0.2) is 0 Å². The molecule has 362 valence electrons. The largest absolute Gasteiger partial charge is 0.0654 e. The Kier molecular flexibility index (Phi) is 53.3. The van der Waals surface area contributed by atoms with Crippen LogP contribution in [0.2, 0.25) is 0 Å². The summed E-state index contributed by atoms with van der Waals surface area (Å²) >= 11 is 0. The summed E-state index contributed by atoms with van der Waals surface area (Å²) in [5.74, 6) is 0. The van der Waals surface area contributed by atoms with Gasteiger partial charge < -0.3 is 0 Å². The van der Waals surface area contributed by atoms with E-state index >= 15 is 0 Å². The zero-order valence-corrected chi connectivity index (χ0v) is 43.4. The molecule has 0 amide bonds. The fourth-order valence-electron chi connectivity index (χ4n) is 10.6. The van der Waals surface area contributed by atoms with E-state index in [0.29, 0.717) is 5.41 Å². The lowest BCUT2D eigenvalue weighted by Gasteiger charge is -2.35. The van der Waals surface area contributed by atoms with E-state index in [0.717, 1.165) is 0 Å². The van der Waals surface area contributed by atoms with Crippen molar-refractivity contribution in [2.75, 3.05) is 0 Å². The highest BCUT2D eigenvalue weighted by molar-refractivity contribution is 4.80. The first kappa shape index (κ1) is 60.0. The molecule has 0 heterocycles. The predicted molar refractivity (Wildman–Crippen MR) is 279 cm³/mol. The maximum Gasteiger partial charge on any atom is -0.0297 e. The van der Waals surface area contributed by atoms with E-state index in [1.54, 1.807) is 25.7 Å². The molecular weight excluding hydrogens is 721 g/mol. The fourth-order valence-corrected chi connectivity index (χ4v) is 10.6. The third-order valence-electron chi connectivity index (χ3n) is 15.0. The lowest BCUT2D eigenvalue weighted by molar-refractivity contribution is 0.171. The number of unbranched alkanes of at least 4 members (excludes halogenated alkanes) is 47. The van der Waals surface area contributed by atoms with Crippen LogP contribution >= 0.6 is 0 Å². The van der Waals surface area contributed by atoms with Gasteiger partial charge in [-0.15, -0.1) is 0 Å². The Bertz CT molecular complexity index is 724. The second-order valence-electron chi connectivity index (χ2n) is 21.1. The zero-order valence-electron chi connectivity index (χ0n) is 43.4. The van der Waals surface area contributed by atoms with Crippen LogP contribution in [-0.4, -0.2) is 0 Å². The van der Waals surface area contributed by atoms with Crippen LogP contribution in [0.5, 0.6) is 0 Å². The molecule has 1 atom stereocenters. The summed E-state index contributed by atoms with van der Waals surface area (Å²) in [6.07, 6.45) is 81.7. The summed E-state index contributed by atoms with van der Waals surface area (Å²) in [6, 6.07) is 0. The summed E-state index contributed by atoms with van der Waals surface area (Å²) < 4.78 is 0. The van der Waals surface area contributed by atoms with Gasteiger partial charge in [0.1, 0.15) is 0 Å². The monoisotopic (exact) mass is 843 g/mol. The molecule has 60 heavy (non-hydrogen) atoms. The van der Waals surface area contributed by atoms with Gasteiger partial charge in [-0.05, 0) is 31.1 Å². The van der Waals surface area contributed by atoms with Gasteiger partial charge >= 0.3 is 0 Å². The number of hydrogen-bond donors (Lipinski definition) is 0. The average Bonchev–Trinajstić information content (AvgIpc) is 3.26. The third kappa shape index (κ3) is 47.5. The van der Waals surface area contributed by atoms with Gasteiger partial charge in [-0.25, -0.2) is 0 Å². The Balaban J connectivity index is 4.87. The normalized spacial score (nSPS) is 12.8. The van der Waals surface area contributed by atoms with Crippen LogP contribution in [-0.2, 0) is 0 Å². The van der Waals surface area contributed by atoms with Crippen molar-refractivity contribution in [3.63, 3.8) is 0 Å². The van der Waals surface area contributed by atoms with Gasteiger partial charge in [0.15, 0.2) is 0 Å². The molecule has 0 N–H and O–H groups in total. The van der Waals surface area contributed by atoms with Crippen LogP contribution in [0.1, 0.15) is 381 Å². The molecule has 0 aromatic rings. The van der Waals surface area contributed by atoms with Crippen molar-refractivity contribution in [1.82, 2.24) is 0 Å². The molecule has 0 aliphatic carbocycles. The van der Waals surface area contributed by atoms with Crippen molar-refractivity contribution < 1.29 is 0 Å². The van der Waals surface area contributed by atoms with E-state index in [4.69, 9.17) is 0 Å². The van der Waals surface area contributed by atoms with E-state index in [1.807, 2.05) is 0 Å². The van der Waals surface area contributed by atoms with Crippen molar-refractivity contribution in [2.45, 2.75) is 381 Å². The summed E-state index contributed by atoms with van der Waals surface area (Å²) in [5, 5.41) is 0. The Morgan fingerprint density at radius 2 is 0.233 bits per heavy atom. The summed E-state index contributed by atoms with van der Waals surface area (Å²) in [7, 11) is 0. The van der Waals surface area contributed by atoms with Crippen molar-refractivity contribution in [1.29, 1.82) is 0 Å². The van der Waals surface area contributed by atoms with Gasteiger partial charge in [-0.1, -0.05) is 355 Å². The Hall–Kier alpha value is 0. The van der Waals surface area contributed by atoms with Crippen LogP contribution in [0.4, 0.5) is 0 Å². The molecule has 0 aliphatic heterocycles. The van der Waals surface area contributed by atoms with E-state index in [1.165, 1.54) is 327 Å². The molecule has 0 aromatic heterocycles. The molecule has 0 radical (unpaired) electrons. The second kappa shape index (κ2) is 53.3. The zero-order chi connectivity index (χ0) is 43.4. The van der Waals surface area contributed by atoms with Gasteiger partial charge in [0.25, 0.3) is 0 Å². The SMILES string of the molecule is CCCCCCCCCCCCCCCCCC(CCCCCCCCCCCC)(CCCCCCCCCCCCCC)CCCCCCCCCCCCCCCC. The maximum atomic E-state index is 2.34. The standard InChI is InChI=1S/C60H122/c1-5-9-13-17-21-25-29-32-34-36-39-43-47-51-55-59-60(56-52-48-44-40-28-24-20-16-12-8-4,57-53-49-45-41-37-31-27-23-19-15-11-7-3)58-54-50-46-42-38-35-33-30-26-22-18-14-10-6-2/h5-59H2,1-4H3. The third-order valence-corrected chi connectivity index (χ3v) is 15.0. The summed E-state index contributed by atoms with van der Waals surface area (Å²) in [4.78, 5) is 0. The van der Waals surface area contributed by atoms with E-state index in [-0.39, 0.29) is 0 Å². The molecule has 0 spiro atoms. The van der Waals surface area contributed by atoms with E-state index < -0.39 is 0 Å². The van der Waals surface area contributed by atoms with Gasteiger partial charge in [0.2, 0.25) is 0 Å². The molecular formula is C60H122. The molecule has 0 heteroatoms. The highest BCUT2D eigenvalue weighted by Gasteiger charge is 2.28. The summed E-state index contributed by atoms with van der Waals surface area (Å²) in [6.45, 7) is 9.34. The smallest absolute Gasteiger partial charge is 0.0297 e. The lowest BCUT2D eigenvalue weighted by atomic mass is 9.70. The molecule has 0 aliphatic rings. The molecule has 0 aromatic carbocycles. The van der Waals surface area contributed by atoms with Crippen LogP contribution in [0.3, 0.4) is 0 Å². The van der Waals surface area contributed by atoms with Gasteiger partial charge in [0.05, 0.1) is 0 Å². The van der Waals surface area contributed by atoms with Crippen molar-refractivity contribution >= 4 is 0 Å². The molecule has 0 bridgehead atoms. The number of rotatable bonds is 55. The highest BCUT2D eigenvalue weighted by atomic mass is 14.3. The van der Waals surface area contributed by atoms with Crippen LogP contribution in [0, 0.1) is 5.41 Å². The van der Waals surface area contributed by atoms with Crippen molar-refractivity contribution in [3.05, 3.63) is 0 Å². The van der Waals surface area contributed by atoms with E-state index in [9.17, 15) is 0 Å². The molecule has 0 saturated heterocycles. The minimum atomic E-state index is 0.659. The predicted octanol–water partition coefficient (Wildman–Crippen LogP) is 23.5. The molecule has 0 rings (SSSR count). The van der Waals surface area contributed by atoms with Crippen molar-refractivity contribution in [2.24, 2.45) is 5.41 Å². The first-order chi connectivity index (χ1) is 29.7. The Morgan fingerprint density at radius 1 is 0.133 bits per heavy atom. The topological polar surface area (TPSA) is 0 Å². The van der Waals surface area contributed by atoms with Gasteiger partial charge in [-0.3, -0.25) is 0 Å². The fraction of sp³-hybridized carbons (Fsp3) is 1.00. The van der Waals surface area contributed by atoms with Gasteiger partial charge in [-0.2, -0.15) is 0 Å². The number of hydrogen-bond acceptors (Lipinski definition) is 0. The second-order valence-corrected chi connectivity index (χ2v) is 21.1. The Morgan fingerprint density at radius 3 is 0.350 bits per heavy atom. The quantitative estimate of drug-likeness (QED) is 0.0535. The molecule has 0 saturated carbocycles. The Labute approximate surface area is 384 Å². The maximum absolute atomic E-state index is 2.34. The van der Waals surface area contributed by atoms with Gasteiger partial charge in [0, 0.05) is 0 Å². The molecule has 1 unspecified atom stereocenters. The first-order valence-electron chi connectivity index (χ1n) is 29.7. The minimum absolute atomic E-state index is 0.659. The van der Waals surface area contributed by atoms with Crippen LogP contribution in [0.25, 0.3) is 0 Å². The average molecular weight is 844 g/mol. The van der Waals surface area contributed by atoms with E-state index in [2.05, 4.69) is 27.7 Å². The summed E-state index contributed by atoms with van der Waals surface area (Å²) in [5.41, 5.74) is 0.659. The minimum Gasteiger partial charge on any atom is -0.0654 e. The van der Waals surface area contributed by atoms with Crippen molar-refractivity contribution in [3.8, 4) is 0 Å². The first-order valence-corrected chi connectivity index (χ1v) is 29.7. The molecule has 0 nitrogen and oxygen atoms in total. The lowest BCUT2D eigenvalue weighted by Crippen LogP contribution is -2.21. The van der Waals surface area contributed by atoms with Crippen LogP contribution < -0.4 is 0 Å². The highest BCUT2D eigenvalue weighted by Crippen LogP contribution is 2.42.